The van der Waals surface area contributed by atoms with Crippen molar-refractivity contribution in [3.05, 3.63) is 94.8 Å². The Hall–Kier alpha value is -4.32. The maximum Gasteiger partial charge on any atom is 0.220 e. The molecule has 2 unspecified atom stereocenters. The number of hydrogen-bond acceptors (Lipinski definition) is 8. The fourth-order valence-corrected chi connectivity index (χ4v) is 5.47. The Kier molecular flexibility index (Phi) is 7.39. The Balaban J connectivity index is 1.19. The van der Waals surface area contributed by atoms with E-state index in [1.54, 1.807) is 17.0 Å². The highest BCUT2D eigenvalue weighted by Gasteiger charge is 2.39. The Bertz CT molecular complexity index is 1710. The van der Waals surface area contributed by atoms with Gasteiger partial charge in [-0.05, 0) is 70.3 Å². The summed E-state index contributed by atoms with van der Waals surface area (Å²) >= 11 is 13.3. The van der Waals surface area contributed by atoms with Crippen LogP contribution in [-0.4, -0.2) is 54.7 Å². The first-order chi connectivity index (χ1) is 19.9. The van der Waals surface area contributed by atoms with Crippen molar-refractivity contribution >= 4 is 52.0 Å². The van der Waals surface area contributed by atoms with E-state index in [-0.39, 0.29) is 18.4 Å². The minimum absolute atomic E-state index is 0.132. The van der Waals surface area contributed by atoms with E-state index in [9.17, 15) is 4.79 Å². The second-order valence-corrected chi connectivity index (χ2v) is 10.9. The van der Waals surface area contributed by atoms with E-state index in [0.717, 1.165) is 33.3 Å². The molecule has 0 saturated heterocycles. The fraction of sp³-hybridized carbons (Fsp3) is 0.214. The summed E-state index contributed by atoms with van der Waals surface area (Å²) in [7, 11) is 0. The molecule has 0 aliphatic carbocycles. The summed E-state index contributed by atoms with van der Waals surface area (Å²) in [6.45, 7) is 0. The number of halogens is 2. The highest BCUT2D eigenvalue weighted by atomic mass is 35.5. The quantitative estimate of drug-likeness (QED) is 0.152. The molecule has 0 bridgehead atoms. The molecule has 0 radical (unpaired) electrons. The van der Waals surface area contributed by atoms with Crippen LogP contribution in [-0.2, 0) is 22.6 Å². The maximum absolute atomic E-state index is 13.3. The minimum Gasteiger partial charge on any atom is -0.382 e. The molecule has 3 atom stereocenters. The number of aryl methyl sites for hydroxylation is 1. The molecular weight excluding hydrogens is 563 g/mol. The Morgan fingerprint density at radius 3 is 2.80 bits per heavy atom. The number of alkyl halides is 1. The van der Waals surface area contributed by atoms with Crippen LogP contribution in [0.15, 0.2) is 78.0 Å². The molecule has 2 aromatic heterocycles. The number of H-pyrrole nitrogens is 1. The van der Waals surface area contributed by atoms with Crippen molar-refractivity contribution in [2.45, 2.75) is 36.5 Å². The number of amides is 1. The van der Waals surface area contributed by atoms with E-state index >= 15 is 0 Å². The van der Waals surface area contributed by atoms with Crippen LogP contribution < -0.4 is 16.4 Å². The second kappa shape index (κ2) is 11.3. The number of nitrogen functional groups attached to an aromatic ring is 1. The summed E-state index contributed by atoms with van der Waals surface area (Å²) < 4.78 is 1.55. The molecule has 1 aliphatic rings. The van der Waals surface area contributed by atoms with Crippen molar-refractivity contribution in [3.8, 4) is 5.69 Å². The maximum atomic E-state index is 13.3. The summed E-state index contributed by atoms with van der Waals surface area (Å²) in [6, 6.07) is 20.6. The van der Waals surface area contributed by atoms with E-state index in [1.807, 2.05) is 60.7 Å². The highest BCUT2D eigenvalue weighted by molar-refractivity contribution is 6.32. The third kappa shape index (κ3) is 5.78. The van der Waals surface area contributed by atoms with Crippen molar-refractivity contribution in [2.24, 2.45) is 4.99 Å². The lowest BCUT2D eigenvalue weighted by Crippen LogP contribution is -2.52. The van der Waals surface area contributed by atoms with Crippen molar-refractivity contribution in [1.29, 1.82) is 0 Å². The van der Waals surface area contributed by atoms with Gasteiger partial charge in [0.15, 0.2) is 10.8 Å². The summed E-state index contributed by atoms with van der Waals surface area (Å²) in [4.78, 5) is 16.9. The molecule has 208 valence electrons. The standard InChI is InChI=1S/C28H26Cl2N10O/c29-20-8-10-24(40-16-33-38-39-40)18(13-20)6-11-25(41)34-23(12-17-4-2-1-3-5-17)27-32-15-28(30,35-27)19-7-9-21-22(14-19)36-37-26(21)31/h1-5,7-10,13-16,23,27,35H,6,11-12H2,(H,34,41)(H3,31,36,37)/t23-,27?,28?/m0/s1. The lowest BCUT2D eigenvalue weighted by atomic mass is 10.0. The molecule has 6 rings (SSSR count). The van der Waals surface area contributed by atoms with Crippen molar-refractivity contribution in [2.75, 3.05) is 5.73 Å². The number of carbonyl (C=O) groups is 1. The van der Waals surface area contributed by atoms with Crippen LogP contribution in [0, 0.1) is 0 Å². The van der Waals surface area contributed by atoms with E-state index in [1.165, 1.54) is 6.33 Å². The zero-order chi connectivity index (χ0) is 28.4. The van der Waals surface area contributed by atoms with Crippen LogP contribution >= 0.6 is 23.2 Å². The molecule has 0 saturated carbocycles. The summed E-state index contributed by atoms with van der Waals surface area (Å²) in [6.07, 6.45) is 3.92. The lowest BCUT2D eigenvalue weighted by molar-refractivity contribution is -0.122. The molecule has 5 N–H and O–H groups in total. The number of aliphatic imine (C=N–C) groups is 1. The van der Waals surface area contributed by atoms with Gasteiger partial charge in [0.1, 0.15) is 12.5 Å². The average Bonchev–Trinajstić information content (AvgIpc) is 3.73. The number of aromatic amines is 1. The molecule has 3 heterocycles. The molecule has 41 heavy (non-hydrogen) atoms. The van der Waals surface area contributed by atoms with Crippen molar-refractivity contribution in [1.82, 2.24) is 41.0 Å². The number of nitrogens with zero attached hydrogens (tertiary/aromatic N) is 6. The Morgan fingerprint density at radius 1 is 1.15 bits per heavy atom. The molecule has 0 fully saturated rings. The van der Waals surface area contributed by atoms with Gasteiger partial charge >= 0.3 is 0 Å². The van der Waals surface area contributed by atoms with Crippen LogP contribution in [0.3, 0.4) is 0 Å². The van der Waals surface area contributed by atoms with Crippen molar-refractivity contribution in [3.63, 3.8) is 0 Å². The first kappa shape index (κ1) is 26.9. The number of fused-ring (bicyclic) bond motifs is 1. The zero-order valence-electron chi connectivity index (χ0n) is 21.7. The zero-order valence-corrected chi connectivity index (χ0v) is 23.2. The van der Waals surface area contributed by atoms with Gasteiger partial charge < -0.3 is 11.1 Å². The number of nitrogens with two attached hydrogens (primary N) is 1. The topological polar surface area (TPSA) is 152 Å². The largest absolute Gasteiger partial charge is 0.382 e. The normalized spacial score (nSPS) is 19.0. The first-order valence-corrected chi connectivity index (χ1v) is 13.7. The van der Waals surface area contributed by atoms with Crippen LogP contribution in [0.2, 0.25) is 5.02 Å². The van der Waals surface area contributed by atoms with Crippen molar-refractivity contribution < 1.29 is 4.79 Å². The predicted octanol–water partition coefficient (Wildman–Crippen LogP) is 3.53. The third-order valence-corrected chi connectivity index (χ3v) is 7.73. The third-order valence-electron chi connectivity index (χ3n) is 7.07. The van der Waals surface area contributed by atoms with Gasteiger partial charge in [0.05, 0.1) is 17.2 Å². The SMILES string of the molecule is Nc1n[nH]c2cc(C3(Cl)C=NC([C@H](Cc4ccccc4)NC(=O)CCc4cc(Cl)ccc4-n4cnnn4)N3)ccc12. The van der Waals surface area contributed by atoms with Crippen LogP contribution in [0.4, 0.5) is 5.82 Å². The molecule has 3 aromatic carbocycles. The van der Waals surface area contributed by atoms with Gasteiger partial charge in [-0.15, -0.1) is 5.10 Å². The minimum atomic E-state index is -1.07. The number of anilines is 1. The number of aromatic nitrogens is 6. The van der Waals surface area contributed by atoms with Crippen LogP contribution in [0.1, 0.15) is 23.1 Å². The number of benzene rings is 3. The summed E-state index contributed by atoms with van der Waals surface area (Å²) in [5, 5.41) is 26.4. The summed E-state index contributed by atoms with van der Waals surface area (Å²) in [5.41, 5.74) is 10.2. The predicted molar refractivity (Wildman–Crippen MR) is 158 cm³/mol. The van der Waals surface area contributed by atoms with Crippen LogP contribution in [0.5, 0.6) is 0 Å². The van der Waals surface area contributed by atoms with Gasteiger partial charge in [0, 0.05) is 23.0 Å². The fourth-order valence-electron chi connectivity index (χ4n) is 4.99. The molecule has 13 heteroatoms. The van der Waals surface area contributed by atoms with Gasteiger partial charge in [-0.3, -0.25) is 20.2 Å². The molecular formula is C28H26Cl2N10O. The van der Waals surface area contributed by atoms with Gasteiger partial charge in [-0.1, -0.05) is 59.6 Å². The number of hydrogen-bond donors (Lipinski definition) is 4. The Labute approximate surface area is 245 Å². The number of carbonyl (C=O) groups excluding carboxylic acids is 1. The number of tetrazole rings is 1. The highest BCUT2D eigenvalue weighted by Crippen LogP contribution is 2.32. The molecule has 5 aromatic rings. The van der Waals surface area contributed by atoms with Gasteiger partial charge in [-0.2, -0.15) is 5.10 Å². The van der Waals surface area contributed by atoms with E-state index in [2.05, 4.69) is 36.4 Å². The summed E-state index contributed by atoms with van der Waals surface area (Å²) in [5.74, 6) is 0.293. The average molecular weight is 589 g/mol. The molecule has 1 amide bonds. The number of nitrogens with one attached hydrogen (secondary N) is 3. The van der Waals surface area contributed by atoms with Gasteiger partial charge in [0.2, 0.25) is 5.91 Å². The van der Waals surface area contributed by atoms with Crippen LogP contribution in [0.25, 0.3) is 16.6 Å². The van der Waals surface area contributed by atoms with E-state index in [0.29, 0.717) is 23.7 Å². The molecule has 0 spiro atoms. The van der Waals surface area contributed by atoms with Gasteiger partial charge in [-0.25, -0.2) is 4.68 Å². The first-order valence-electron chi connectivity index (χ1n) is 13.0. The Morgan fingerprint density at radius 2 is 2.00 bits per heavy atom. The second-order valence-electron chi connectivity index (χ2n) is 9.84. The number of rotatable bonds is 9. The molecule has 1 aliphatic heterocycles. The van der Waals surface area contributed by atoms with Gasteiger partial charge in [0.25, 0.3) is 0 Å². The van der Waals surface area contributed by atoms with E-state index < -0.39 is 11.2 Å². The molecule has 11 nitrogen and oxygen atoms in total. The smallest absolute Gasteiger partial charge is 0.220 e. The lowest BCUT2D eigenvalue weighted by Gasteiger charge is -2.28. The van der Waals surface area contributed by atoms with E-state index in [4.69, 9.17) is 33.9 Å². The monoisotopic (exact) mass is 588 g/mol.